The quantitative estimate of drug-likeness (QED) is 0.835. The lowest BCUT2D eigenvalue weighted by molar-refractivity contribution is -0.132. The van der Waals surface area contributed by atoms with Gasteiger partial charge in [0.2, 0.25) is 5.91 Å². The maximum Gasteiger partial charge on any atom is 0.222 e. The van der Waals surface area contributed by atoms with Crippen LogP contribution >= 0.6 is 11.8 Å². The van der Waals surface area contributed by atoms with Gasteiger partial charge < -0.3 is 10.6 Å². The summed E-state index contributed by atoms with van der Waals surface area (Å²) in [6.07, 6.45) is 1.68. The van der Waals surface area contributed by atoms with Crippen molar-refractivity contribution in [1.29, 1.82) is 0 Å². The highest BCUT2D eigenvalue weighted by Crippen LogP contribution is 2.26. The fourth-order valence-electron chi connectivity index (χ4n) is 2.69. The fraction of sp³-hybridized carbons (Fsp3) is 0.929. The van der Waals surface area contributed by atoms with Gasteiger partial charge in [-0.1, -0.05) is 27.7 Å². The van der Waals surface area contributed by atoms with Gasteiger partial charge in [0, 0.05) is 30.0 Å². The molecule has 1 aliphatic heterocycles. The number of hydrogen-bond acceptors (Lipinski definition) is 3. The Hall–Kier alpha value is -0.220. The van der Waals surface area contributed by atoms with Crippen LogP contribution in [-0.2, 0) is 4.79 Å². The molecule has 1 saturated heterocycles. The first-order valence-electron chi connectivity index (χ1n) is 7.05. The number of carbonyl (C=O) groups is 1. The summed E-state index contributed by atoms with van der Waals surface area (Å²) in [6.45, 7) is 11.2. The maximum atomic E-state index is 12.3. The van der Waals surface area contributed by atoms with Crippen molar-refractivity contribution < 1.29 is 4.79 Å². The van der Waals surface area contributed by atoms with Crippen molar-refractivity contribution in [2.75, 3.05) is 19.6 Å². The molecule has 0 aromatic rings. The Morgan fingerprint density at radius 2 is 1.89 bits per heavy atom. The first-order valence-corrected chi connectivity index (χ1v) is 8.00. The fourth-order valence-corrected chi connectivity index (χ4v) is 4.01. The molecule has 0 bridgehead atoms. The lowest BCUT2D eigenvalue weighted by Crippen LogP contribution is -2.44. The van der Waals surface area contributed by atoms with Crippen molar-refractivity contribution in [3.8, 4) is 0 Å². The van der Waals surface area contributed by atoms with E-state index in [2.05, 4.69) is 27.7 Å². The van der Waals surface area contributed by atoms with Gasteiger partial charge in [-0.05, 0) is 24.8 Å². The summed E-state index contributed by atoms with van der Waals surface area (Å²) in [7, 11) is 0. The maximum absolute atomic E-state index is 12.3. The van der Waals surface area contributed by atoms with E-state index in [9.17, 15) is 4.79 Å². The average molecular weight is 272 g/mol. The molecule has 0 aromatic heterocycles. The SMILES string of the molecule is CC(C)C[C@H](CN)CC(=O)N1CC(C)SC(C)C1. The minimum atomic E-state index is 0.296. The number of rotatable bonds is 5. The van der Waals surface area contributed by atoms with Gasteiger partial charge in [0.1, 0.15) is 0 Å². The lowest BCUT2D eigenvalue weighted by Gasteiger charge is -2.35. The summed E-state index contributed by atoms with van der Waals surface area (Å²) >= 11 is 1.98. The van der Waals surface area contributed by atoms with Crippen molar-refractivity contribution in [1.82, 2.24) is 4.90 Å². The Morgan fingerprint density at radius 1 is 1.33 bits per heavy atom. The molecule has 2 N–H and O–H groups in total. The van der Waals surface area contributed by atoms with Crippen molar-refractivity contribution in [3.05, 3.63) is 0 Å². The summed E-state index contributed by atoms with van der Waals surface area (Å²) in [5.41, 5.74) is 5.78. The number of amides is 1. The van der Waals surface area contributed by atoms with E-state index in [0.717, 1.165) is 19.5 Å². The van der Waals surface area contributed by atoms with E-state index in [1.807, 2.05) is 16.7 Å². The zero-order valence-electron chi connectivity index (χ0n) is 12.2. The zero-order chi connectivity index (χ0) is 13.7. The van der Waals surface area contributed by atoms with Gasteiger partial charge in [0.15, 0.2) is 0 Å². The number of nitrogens with zero attached hydrogens (tertiary/aromatic N) is 1. The average Bonchev–Trinajstić information content (AvgIpc) is 2.26. The molecule has 3 nitrogen and oxygen atoms in total. The third-order valence-electron chi connectivity index (χ3n) is 3.37. The number of nitrogens with two attached hydrogens (primary N) is 1. The van der Waals surface area contributed by atoms with E-state index < -0.39 is 0 Å². The smallest absolute Gasteiger partial charge is 0.222 e. The molecule has 0 spiro atoms. The molecule has 1 aliphatic rings. The van der Waals surface area contributed by atoms with Crippen LogP contribution in [0.2, 0.25) is 0 Å². The van der Waals surface area contributed by atoms with Gasteiger partial charge in [-0.15, -0.1) is 0 Å². The highest BCUT2D eigenvalue weighted by molar-refractivity contribution is 8.00. The Kier molecular flexibility index (Phi) is 6.50. The van der Waals surface area contributed by atoms with Crippen LogP contribution in [0.5, 0.6) is 0 Å². The van der Waals surface area contributed by atoms with Crippen LogP contribution in [0.4, 0.5) is 0 Å². The van der Waals surface area contributed by atoms with Gasteiger partial charge in [-0.3, -0.25) is 4.79 Å². The monoisotopic (exact) mass is 272 g/mol. The van der Waals surface area contributed by atoms with Crippen molar-refractivity contribution in [3.63, 3.8) is 0 Å². The van der Waals surface area contributed by atoms with Crippen LogP contribution in [0.15, 0.2) is 0 Å². The van der Waals surface area contributed by atoms with E-state index in [1.54, 1.807) is 0 Å². The van der Waals surface area contributed by atoms with Crippen LogP contribution in [-0.4, -0.2) is 40.9 Å². The van der Waals surface area contributed by atoms with Gasteiger partial charge >= 0.3 is 0 Å². The molecule has 4 heteroatoms. The Bertz CT molecular complexity index is 261. The molecule has 106 valence electrons. The third-order valence-corrected chi connectivity index (χ3v) is 4.60. The lowest BCUT2D eigenvalue weighted by atomic mass is 9.93. The second-order valence-electron chi connectivity index (χ2n) is 5.99. The summed E-state index contributed by atoms with van der Waals surface area (Å²) in [6, 6.07) is 0. The van der Waals surface area contributed by atoms with E-state index in [0.29, 0.717) is 41.2 Å². The number of thioether (sulfide) groups is 1. The Labute approximate surface area is 116 Å². The molecule has 3 atom stereocenters. The van der Waals surface area contributed by atoms with E-state index in [-0.39, 0.29) is 0 Å². The first-order chi connectivity index (χ1) is 8.42. The molecule has 1 rings (SSSR count). The second kappa shape index (κ2) is 7.39. The molecule has 0 radical (unpaired) electrons. The molecule has 0 aromatic carbocycles. The van der Waals surface area contributed by atoms with Crippen LogP contribution in [0.3, 0.4) is 0 Å². The van der Waals surface area contributed by atoms with Crippen LogP contribution < -0.4 is 5.73 Å². The molecule has 2 unspecified atom stereocenters. The second-order valence-corrected chi connectivity index (χ2v) is 7.87. The topological polar surface area (TPSA) is 46.3 Å². The molecule has 1 fully saturated rings. The number of hydrogen-bond donors (Lipinski definition) is 1. The standard InChI is InChI=1S/C14H28N2OS/c1-10(2)5-13(7-15)6-14(17)16-8-11(3)18-12(4)9-16/h10-13H,5-9,15H2,1-4H3/t11?,12?,13-/m0/s1. The van der Waals surface area contributed by atoms with E-state index in [1.165, 1.54) is 0 Å². The highest BCUT2D eigenvalue weighted by atomic mass is 32.2. The minimum absolute atomic E-state index is 0.296. The van der Waals surface area contributed by atoms with Gasteiger partial charge in [-0.2, -0.15) is 11.8 Å². The predicted octanol–water partition coefficient (Wildman–Crippen LogP) is 2.35. The normalized spacial score (nSPS) is 26.4. The molecule has 0 saturated carbocycles. The van der Waals surface area contributed by atoms with Crippen molar-refractivity contribution >= 4 is 17.7 Å². The molecule has 1 amide bonds. The highest BCUT2D eigenvalue weighted by Gasteiger charge is 2.27. The van der Waals surface area contributed by atoms with Gasteiger partial charge in [-0.25, -0.2) is 0 Å². The summed E-state index contributed by atoms with van der Waals surface area (Å²) in [5.74, 6) is 1.25. The summed E-state index contributed by atoms with van der Waals surface area (Å²) in [4.78, 5) is 14.3. The van der Waals surface area contributed by atoms with E-state index in [4.69, 9.17) is 5.73 Å². The molecule has 18 heavy (non-hydrogen) atoms. The Morgan fingerprint density at radius 3 is 2.33 bits per heavy atom. The molecule has 0 aliphatic carbocycles. The van der Waals surface area contributed by atoms with Crippen LogP contribution in [0, 0.1) is 11.8 Å². The minimum Gasteiger partial charge on any atom is -0.340 e. The largest absolute Gasteiger partial charge is 0.340 e. The molecular formula is C14H28N2OS. The third kappa shape index (κ3) is 5.19. The number of carbonyl (C=O) groups excluding carboxylic acids is 1. The predicted molar refractivity (Wildman–Crippen MR) is 79.7 cm³/mol. The molecule has 1 heterocycles. The van der Waals surface area contributed by atoms with Crippen molar-refractivity contribution in [2.45, 2.75) is 51.0 Å². The van der Waals surface area contributed by atoms with Crippen molar-refractivity contribution in [2.24, 2.45) is 17.6 Å². The van der Waals surface area contributed by atoms with E-state index >= 15 is 0 Å². The summed E-state index contributed by atoms with van der Waals surface area (Å²) in [5, 5.41) is 1.11. The Balaban J connectivity index is 2.47. The van der Waals surface area contributed by atoms with Crippen LogP contribution in [0.25, 0.3) is 0 Å². The summed E-state index contributed by atoms with van der Waals surface area (Å²) < 4.78 is 0. The zero-order valence-corrected chi connectivity index (χ0v) is 13.0. The van der Waals surface area contributed by atoms with Crippen LogP contribution in [0.1, 0.15) is 40.5 Å². The molecular weight excluding hydrogens is 244 g/mol. The van der Waals surface area contributed by atoms with Gasteiger partial charge in [0.05, 0.1) is 0 Å². The first kappa shape index (κ1) is 15.8. The van der Waals surface area contributed by atoms with Gasteiger partial charge in [0.25, 0.3) is 0 Å².